The van der Waals surface area contributed by atoms with Gasteiger partial charge in [0.2, 0.25) is 0 Å². The summed E-state index contributed by atoms with van der Waals surface area (Å²) in [6, 6.07) is 10.5. The van der Waals surface area contributed by atoms with Crippen LogP contribution in [0.5, 0.6) is 5.75 Å². The maximum absolute atomic E-state index is 13.2. The maximum Gasteiger partial charge on any atom is 0.419 e. The Labute approximate surface area is 205 Å². The monoisotopic (exact) mass is 491 g/mol. The van der Waals surface area contributed by atoms with Crippen molar-refractivity contribution in [2.45, 2.75) is 31.8 Å². The molecule has 0 saturated carbocycles. The van der Waals surface area contributed by atoms with E-state index in [9.17, 15) is 9.59 Å². The number of nitrogens with one attached hydrogen (secondary N) is 1. The second kappa shape index (κ2) is 9.55. The molecule has 0 spiro atoms. The fraction of sp³-hybridized carbons (Fsp3) is 0.375. The van der Waals surface area contributed by atoms with Crippen molar-refractivity contribution in [3.05, 3.63) is 70.7 Å². The van der Waals surface area contributed by atoms with Gasteiger partial charge in [-0.25, -0.2) is 14.5 Å². The zero-order valence-electron chi connectivity index (χ0n) is 19.4. The Morgan fingerprint density at radius 3 is 2.94 bits per heavy atom. The first-order valence-electron chi connectivity index (χ1n) is 11.8. The summed E-state index contributed by atoms with van der Waals surface area (Å²) in [7, 11) is 0. The van der Waals surface area contributed by atoms with Crippen molar-refractivity contribution in [3.8, 4) is 5.75 Å². The number of rotatable bonds is 3. The van der Waals surface area contributed by atoms with Crippen molar-refractivity contribution in [3.63, 3.8) is 0 Å². The van der Waals surface area contributed by atoms with E-state index in [0.29, 0.717) is 56.4 Å². The second-order valence-corrected chi connectivity index (χ2v) is 8.85. The lowest BCUT2D eigenvalue weighted by molar-refractivity contribution is 0.0294. The minimum atomic E-state index is -0.385. The molecule has 0 unspecified atom stereocenters. The van der Waals surface area contributed by atoms with Gasteiger partial charge in [0, 0.05) is 32.4 Å². The maximum atomic E-state index is 13.2. The van der Waals surface area contributed by atoms with Gasteiger partial charge in [-0.1, -0.05) is 17.3 Å². The number of amides is 1. The van der Waals surface area contributed by atoms with Crippen LogP contribution >= 0.6 is 0 Å². The van der Waals surface area contributed by atoms with Crippen LogP contribution < -0.4 is 15.8 Å². The van der Waals surface area contributed by atoms with Gasteiger partial charge < -0.3 is 19.2 Å². The molecular formula is C24H25N7O5. The summed E-state index contributed by atoms with van der Waals surface area (Å²) < 4.78 is 20.7. The quantitative estimate of drug-likeness (QED) is 0.440. The topological polar surface area (TPSA) is 130 Å². The lowest BCUT2D eigenvalue weighted by Crippen LogP contribution is -2.44. The number of para-hydroxylation sites is 2. The van der Waals surface area contributed by atoms with Crippen molar-refractivity contribution in [2.24, 2.45) is 0 Å². The third kappa shape index (κ3) is 4.48. The molecular weight excluding hydrogens is 466 g/mol. The van der Waals surface area contributed by atoms with Crippen LogP contribution in [-0.4, -0.2) is 73.7 Å². The number of likely N-dealkylation sites (tertiary alicyclic amines) is 1. The predicted molar refractivity (Wildman–Crippen MR) is 126 cm³/mol. The second-order valence-electron chi connectivity index (χ2n) is 8.85. The molecule has 1 saturated heterocycles. The van der Waals surface area contributed by atoms with E-state index in [4.69, 9.17) is 13.9 Å². The van der Waals surface area contributed by atoms with E-state index in [1.807, 2.05) is 24.4 Å². The molecule has 6 rings (SSSR count). The van der Waals surface area contributed by atoms with Crippen molar-refractivity contribution in [1.29, 1.82) is 0 Å². The third-order valence-electron chi connectivity index (χ3n) is 6.47. The number of nitrogens with zero attached hydrogens (tertiary/aromatic N) is 6. The van der Waals surface area contributed by atoms with Gasteiger partial charge in [0.1, 0.15) is 12.3 Å². The summed E-state index contributed by atoms with van der Waals surface area (Å²) in [6.45, 7) is 3.24. The number of carbonyl (C=O) groups excluding carboxylic acids is 1. The molecule has 12 heteroatoms. The Kier molecular flexibility index (Phi) is 5.95. The Balaban J connectivity index is 1.22. The van der Waals surface area contributed by atoms with Crippen LogP contribution in [0, 0.1) is 0 Å². The number of aromatic nitrogens is 5. The van der Waals surface area contributed by atoms with Crippen molar-refractivity contribution < 1.29 is 18.7 Å². The van der Waals surface area contributed by atoms with Crippen LogP contribution in [-0.2, 0) is 24.4 Å². The van der Waals surface area contributed by atoms with Crippen molar-refractivity contribution in [1.82, 2.24) is 34.8 Å². The number of pyridine rings is 1. The molecule has 1 amide bonds. The number of carbonyl (C=O) groups is 1. The lowest BCUT2D eigenvalue weighted by Gasteiger charge is -2.20. The minimum Gasteiger partial charge on any atom is -0.489 e. The zero-order chi connectivity index (χ0) is 24.5. The molecule has 0 radical (unpaired) electrons. The van der Waals surface area contributed by atoms with E-state index >= 15 is 0 Å². The standard InChI is InChI=1S/C24H25N7O5/c32-23-22-20(6-3-7-25-22)34-11-10-30-12-16(27-28-30)15-35-21-14-29(13-17(21)26-23)8-9-31-18-4-1-2-5-19(18)36-24(31)33/h1-7,12,17,21H,8-11,13-15H2,(H,26,32)/t17-,21-/m0/s1. The predicted octanol–water partition coefficient (Wildman–Crippen LogP) is 0.673. The third-order valence-corrected chi connectivity index (χ3v) is 6.47. The van der Waals surface area contributed by atoms with Crippen molar-refractivity contribution in [2.75, 3.05) is 26.2 Å². The molecule has 5 heterocycles. The van der Waals surface area contributed by atoms with Gasteiger partial charge in [0.25, 0.3) is 5.91 Å². The first-order valence-corrected chi connectivity index (χ1v) is 11.8. The molecule has 0 aliphatic carbocycles. The Bertz CT molecular complexity index is 1440. The minimum absolute atomic E-state index is 0.224. The highest BCUT2D eigenvalue weighted by Gasteiger charge is 2.35. The summed E-state index contributed by atoms with van der Waals surface area (Å²) >= 11 is 0. The van der Waals surface area contributed by atoms with Gasteiger partial charge in [0.05, 0.1) is 37.0 Å². The molecule has 12 nitrogen and oxygen atoms in total. The molecule has 2 aliphatic heterocycles. The van der Waals surface area contributed by atoms with Crippen LogP contribution in [0.15, 0.2) is 58.0 Å². The highest BCUT2D eigenvalue weighted by Crippen LogP contribution is 2.20. The fourth-order valence-corrected chi connectivity index (χ4v) is 4.68. The van der Waals surface area contributed by atoms with Gasteiger partial charge in [-0.15, -0.1) is 5.10 Å². The highest BCUT2D eigenvalue weighted by atomic mass is 16.5. The Hall–Kier alpha value is -4.03. The van der Waals surface area contributed by atoms with Gasteiger partial charge in [-0.2, -0.15) is 0 Å². The van der Waals surface area contributed by atoms with E-state index in [1.165, 1.54) is 0 Å². The molecule has 2 atom stereocenters. The van der Waals surface area contributed by atoms with E-state index in [2.05, 4.69) is 25.5 Å². The summed E-state index contributed by atoms with van der Waals surface area (Å²) in [5.74, 6) is -0.299. The van der Waals surface area contributed by atoms with Crippen molar-refractivity contribution >= 4 is 17.0 Å². The van der Waals surface area contributed by atoms with Crippen LogP contribution in [0.3, 0.4) is 0 Å². The van der Waals surface area contributed by atoms with E-state index < -0.39 is 0 Å². The molecule has 1 aromatic carbocycles. The van der Waals surface area contributed by atoms with Crippen LogP contribution in [0.1, 0.15) is 16.2 Å². The number of hydrogen-bond donors (Lipinski definition) is 1. The average Bonchev–Trinajstić information content (AvgIpc) is 3.58. The molecule has 1 fully saturated rings. The van der Waals surface area contributed by atoms with E-state index in [-0.39, 0.29) is 36.1 Å². The average molecular weight is 492 g/mol. The number of oxazole rings is 1. The molecule has 36 heavy (non-hydrogen) atoms. The SMILES string of the molecule is O=C1N[C@H]2CN(CCn3c(=O)oc4ccccc43)C[C@@H]2OCc2cn(nn2)CCOc2cccnc21. The number of ether oxygens (including phenoxy) is 2. The number of fused-ring (bicyclic) bond motifs is 5. The first-order chi connectivity index (χ1) is 17.6. The van der Waals surface area contributed by atoms with E-state index in [1.54, 1.807) is 33.6 Å². The molecule has 2 bridgehead atoms. The lowest BCUT2D eigenvalue weighted by atomic mass is 10.2. The number of hydrogen-bond acceptors (Lipinski definition) is 9. The summed E-state index contributed by atoms with van der Waals surface area (Å²) in [5, 5.41) is 11.4. The van der Waals surface area contributed by atoms with Gasteiger partial charge >= 0.3 is 5.76 Å². The molecule has 3 aromatic heterocycles. The Morgan fingerprint density at radius 2 is 2.00 bits per heavy atom. The van der Waals surface area contributed by atoms with Gasteiger partial charge in [-0.05, 0) is 24.3 Å². The Morgan fingerprint density at radius 1 is 1.08 bits per heavy atom. The fourth-order valence-electron chi connectivity index (χ4n) is 4.68. The number of benzene rings is 1. The molecule has 1 N–H and O–H groups in total. The highest BCUT2D eigenvalue weighted by molar-refractivity contribution is 5.95. The van der Waals surface area contributed by atoms with E-state index in [0.717, 1.165) is 5.52 Å². The molecule has 4 aromatic rings. The normalized spacial score (nSPS) is 20.8. The summed E-state index contributed by atoms with van der Waals surface area (Å²) in [5.41, 5.74) is 2.25. The first kappa shape index (κ1) is 22.4. The summed E-state index contributed by atoms with van der Waals surface area (Å²) in [4.78, 5) is 31.9. The van der Waals surface area contributed by atoms with Gasteiger partial charge in [0.15, 0.2) is 17.0 Å². The van der Waals surface area contributed by atoms with Crippen LogP contribution in [0.25, 0.3) is 11.1 Å². The van der Waals surface area contributed by atoms with Crippen LogP contribution in [0.4, 0.5) is 0 Å². The van der Waals surface area contributed by atoms with Crippen LogP contribution in [0.2, 0.25) is 0 Å². The smallest absolute Gasteiger partial charge is 0.419 e. The van der Waals surface area contributed by atoms with Gasteiger partial charge in [-0.3, -0.25) is 14.3 Å². The molecule has 186 valence electrons. The summed E-state index contributed by atoms with van der Waals surface area (Å²) in [6.07, 6.45) is 3.11. The largest absolute Gasteiger partial charge is 0.489 e. The zero-order valence-corrected chi connectivity index (χ0v) is 19.4. The molecule has 2 aliphatic rings.